The van der Waals surface area contributed by atoms with E-state index in [9.17, 15) is 9.59 Å². The van der Waals surface area contributed by atoms with Crippen LogP contribution in [0.15, 0.2) is 69.6 Å². The number of allylic oxidation sites excluding steroid dienone is 1. The minimum Gasteiger partial charge on any atom is -0.496 e. The van der Waals surface area contributed by atoms with Crippen molar-refractivity contribution >= 4 is 23.4 Å². The van der Waals surface area contributed by atoms with E-state index in [1.165, 1.54) is 11.3 Å². The second-order valence-electron chi connectivity index (χ2n) is 7.29. The number of thiazole rings is 1. The van der Waals surface area contributed by atoms with Gasteiger partial charge in [-0.25, -0.2) is 9.79 Å². The Hall–Kier alpha value is -3.65. The standard InChI is InChI=1S/C25H24N2O5S/c1-5-32-24(29)21-15(2)26-25-27(22(21)17-11-7-9-13-19(17)31-4)23(28)20(33-25)14-16-10-6-8-12-18(16)30-3/h6-14,22H,5H2,1-4H3/b20-14+/t22-/m0/s1. The van der Waals surface area contributed by atoms with Gasteiger partial charge in [0.25, 0.3) is 5.56 Å². The molecule has 2 heterocycles. The third-order valence-electron chi connectivity index (χ3n) is 5.38. The lowest BCUT2D eigenvalue weighted by molar-refractivity contribution is -0.139. The summed E-state index contributed by atoms with van der Waals surface area (Å²) in [5.41, 5.74) is 2.03. The first kappa shape index (κ1) is 22.5. The lowest BCUT2D eigenvalue weighted by Gasteiger charge is -2.25. The van der Waals surface area contributed by atoms with Crippen LogP contribution in [0.5, 0.6) is 11.5 Å². The molecule has 0 amide bonds. The van der Waals surface area contributed by atoms with Gasteiger partial charge >= 0.3 is 5.97 Å². The number of methoxy groups -OCH3 is 2. The van der Waals surface area contributed by atoms with E-state index in [1.807, 2.05) is 42.5 Å². The summed E-state index contributed by atoms with van der Waals surface area (Å²) in [6.07, 6.45) is 1.78. The number of para-hydroxylation sites is 2. The summed E-state index contributed by atoms with van der Waals surface area (Å²) in [5.74, 6) is 0.722. The molecule has 0 N–H and O–H groups in total. The normalized spacial score (nSPS) is 15.6. The Morgan fingerprint density at radius 2 is 1.76 bits per heavy atom. The number of ether oxygens (including phenoxy) is 3. The predicted octanol–water partition coefficient (Wildman–Crippen LogP) is 2.82. The van der Waals surface area contributed by atoms with E-state index in [1.54, 1.807) is 44.8 Å². The van der Waals surface area contributed by atoms with Gasteiger partial charge in [-0.1, -0.05) is 47.7 Å². The van der Waals surface area contributed by atoms with Gasteiger partial charge in [0.15, 0.2) is 4.80 Å². The molecule has 1 aliphatic heterocycles. The topological polar surface area (TPSA) is 79.1 Å². The van der Waals surface area contributed by atoms with Crippen LogP contribution in [0, 0.1) is 0 Å². The summed E-state index contributed by atoms with van der Waals surface area (Å²) in [5, 5.41) is 0. The molecular weight excluding hydrogens is 440 g/mol. The highest BCUT2D eigenvalue weighted by Gasteiger charge is 2.34. The molecule has 2 aromatic carbocycles. The first-order valence-electron chi connectivity index (χ1n) is 10.5. The van der Waals surface area contributed by atoms with Crippen LogP contribution < -0.4 is 24.4 Å². The molecule has 33 heavy (non-hydrogen) atoms. The molecule has 0 saturated heterocycles. The molecule has 0 unspecified atom stereocenters. The van der Waals surface area contributed by atoms with Gasteiger partial charge in [0.05, 0.1) is 36.6 Å². The lowest BCUT2D eigenvalue weighted by Crippen LogP contribution is -2.40. The van der Waals surface area contributed by atoms with E-state index in [-0.39, 0.29) is 12.2 Å². The molecule has 170 valence electrons. The first-order valence-corrected chi connectivity index (χ1v) is 11.3. The number of carbonyl (C=O) groups is 1. The summed E-state index contributed by atoms with van der Waals surface area (Å²) >= 11 is 1.26. The molecule has 0 aliphatic carbocycles. The Bertz CT molecular complexity index is 1420. The number of esters is 1. The number of hydrogen-bond acceptors (Lipinski definition) is 7. The van der Waals surface area contributed by atoms with E-state index < -0.39 is 12.0 Å². The average Bonchev–Trinajstić information content (AvgIpc) is 3.13. The van der Waals surface area contributed by atoms with Gasteiger partial charge in [0.2, 0.25) is 0 Å². The van der Waals surface area contributed by atoms with Crippen LogP contribution in [0.25, 0.3) is 6.08 Å². The molecular formula is C25H24N2O5S. The molecule has 0 saturated carbocycles. The zero-order valence-corrected chi connectivity index (χ0v) is 19.6. The highest BCUT2D eigenvalue weighted by molar-refractivity contribution is 7.07. The maximum absolute atomic E-state index is 13.7. The number of carbonyl (C=O) groups excluding carboxylic acids is 1. The molecule has 1 aliphatic rings. The molecule has 7 nitrogen and oxygen atoms in total. The van der Waals surface area contributed by atoms with Gasteiger partial charge in [-0.3, -0.25) is 9.36 Å². The highest BCUT2D eigenvalue weighted by Crippen LogP contribution is 2.35. The van der Waals surface area contributed by atoms with Gasteiger partial charge in [-0.2, -0.15) is 0 Å². The van der Waals surface area contributed by atoms with E-state index >= 15 is 0 Å². The Kier molecular flexibility index (Phi) is 6.46. The van der Waals surface area contributed by atoms with Crippen molar-refractivity contribution in [3.05, 3.63) is 90.6 Å². The number of rotatable bonds is 6. The van der Waals surface area contributed by atoms with Crippen LogP contribution in [0.4, 0.5) is 0 Å². The molecule has 1 atom stereocenters. The van der Waals surface area contributed by atoms with E-state index in [2.05, 4.69) is 4.99 Å². The van der Waals surface area contributed by atoms with Crippen LogP contribution in [0.2, 0.25) is 0 Å². The van der Waals surface area contributed by atoms with Crippen molar-refractivity contribution in [1.82, 2.24) is 4.57 Å². The van der Waals surface area contributed by atoms with Crippen molar-refractivity contribution < 1.29 is 19.0 Å². The summed E-state index contributed by atoms with van der Waals surface area (Å²) in [7, 11) is 3.15. The smallest absolute Gasteiger partial charge is 0.338 e. The molecule has 0 spiro atoms. The third kappa shape index (κ3) is 4.09. The predicted molar refractivity (Wildman–Crippen MR) is 126 cm³/mol. The zero-order valence-electron chi connectivity index (χ0n) is 18.8. The fourth-order valence-electron chi connectivity index (χ4n) is 3.90. The van der Waals surface area contributed by atoms with E-state index in [4.69, 9.17) is 14.2 Å². The molecule has 0 radical (unpaired) electrons. The maximum Gasteiger partial charge on any atom is 0.338 e. The summed E-state index contributed by atoms with van der Waals surface area (Å²) in [4.78, 5) is 31.7. The second-order valence-corrected chi connectivity index (χ2v) is 8.30. The van der Waals surface area contributed by atoms with Crippen LogP contribution in [-0.4, -0.2) is 31.4 Å². The van der Waals surface area contributed by atoms with Crippen LogP contribution in [-0.2, 0) is 9.53 Å². The SMILES string of the molecule is CCOC(=O)C1=C(C)N=c2s/c(=C/c3ccccc3OC)c(=O)n2[C@H]1c1ccccc1OC. The number of hydrogen-bond donors (Lipinski definition) is 0. The number of nitrogens with zero attached hydrogens (tertiary/aromatic N) is 2. The van der Waals surface area contributed by atoms with Crippen LogP contribution >= 0.6 is 11.3 Å². The van der Waals surface area contributed by atoms with Crippen LogP contribution in [0.1, 0.15) is 31.0 Å². The molecule has 0 bridgehead atoms. The van der Waals surface area contributed by atoms with E-state index in [0.29, 0.717) is 37.7 Å². The van der Waals surface area contributed by atoms with Crippen LogP contribution in [0.3, 0.4) is 0 Å². The molecule has 4 rings (SSSR count). The van der Waals surface area contributed by atoms with Gasteiger partial charge < -0.3 is 14.2 Å². The summed E-state index contributed by atoms with van der Waals surface area (Å²) in [6.45, 7) is 3.72. The minimum atomic E-state index is -0.726. The van der Waals surface area contributed by atoms with Crippen molar-refractivity contribution in [2.24, 2.45) is 4.99 Å². The largest absolute Gasteiger partial charge is 0.496 e. The number of fused-ring (bicyclic) bond motifs is 1. The van der Waals surface area contributed by atoms with Gasteiger partial charge in [-0.05, 0) is 32.1 Å². The average molecular weight is 465 g/mol. The summed E-state index contributed by atoms with van der Waals surface area (Å²) in [6, 6.07) is 14.1. The molecule has 3 aromatic rings. The molecule has 8 heteroatoms. The van der Waals surface area contributed by atoms with Crippen molar-refractivity contribution in [2.75, 3.05) is 20.8 Å². The fraction of sp³-hybridized carbons (Fsp3) is 0.240. The lowest BCUT2D eigenvalue weighted by atomic mass is 9.95. The van der Waals surface area contributed by atoms with Crippen molar-refractivity contribution in [1.29, 1.82) is 0 Å². The molecule has 1 aromatic heterocycles. The Morgan fingerprint density at radius 1 is 1.09 bits per heavy atom. The number of benzene rings is 2. The quantitative estimate of drug-likeness (QED) is 0.524. The molecule has 0 fully saturated rings. The summed E-state index contributed by atoms with van der Waals surface area (Å²) < 4.78 is 18.4. The monoisotopic (exact) mass is 464 g/mol. The Labute approximate surface area is 194 Å². The third-order valence-corrected chi connectivity index (χ3v) is 6.36. The van der Waals surface area contributed by atoms with E-state index in [0.717, 1.165) is 5.56 Å². The fourth-order valence-corrected chi connectivity index (χ4v) is 4.94. The minimum absolute atomic E-state index is 0.215. The Morgan fingerprint density at radius 3 is 2.45 bits per heavy atom. The van der Waals surface area contributed by atoms with Gasteiger partial charge in [0.1, 0.15) is 17.5 Å². The number of aromatic nitrogens is 1. The first-order chi connectivity index (χ1) is 16.0. The van der Waals surface area contributed by atoms with Crippen molar-refractivity contribution in [2.45, 2.75) is 19.9 Å². The van der Waals surface area contributed by atoms with Gasteiger partial charge in [0, 0.05) is 11.1 Å². The Balaban J connectivity index is 2.00. The maximum atomic E-state index is 13.7. The van der Waals surface area contributed by atoms with Crippen molar-refractivity contribution in [3.63, 3.8) is 0 Å². The van der Waals surface area contributed by atoms with Gasteiger partial charge in [-0.15, -0.1) is 0 Å². The highest BCUT2D eigenvalue weighted by atomic mass is 32.1. The second kappa shape index (κ2) is 9.46. The van der Waals surface area contributed by atoms with Crippen molar-refractivity contribution in [3.8, 4) is 11.5 Å². The zero-order chi connectivity index (χ0) is 23.5.